The van der Waals surface area contributed by atoms with Gasteiger partial charge in [0.1, 0.15) is 4.88 Å². The summed E-state index contributed by atoms with van der Waals surface area (Å²) < 4.78 is 0. The molecule has 106 valence electrons. The average Bonchev–Trinajstić information content (AvgIpc) is 2.58. The number of anilines is 2. The zero-order chi connectivity index (χ0) is 13.8. The van der Waals surface area contributed by atoms with Crippen molar-refractivity contribution in [3.8, 4) is 0 Å². The van der Waals surface area contributed by atoms with Crippen molar-refractivity contribution in [1.82, 2.24) is 4.90 Å². The van der Waals surface area contributed by atoms with Crippen LogP contribution in [0.2, 0.25) is 0 Å². The molecule has 1 amide bonds. The largest absolute Gasteiger partial charge is 0.397 e. The van der Waals surface area contributed by atoms with Crippen molar-refractivity contribution in [2.75, 3.05) is 25.1 Å². The Morgan fingerprint density at radius 2 is 1.95 bits per heavy atom. The Morgan fingerprint density at radius 3 is 2.53 bits per heavy atom. The highest BCUT2D eigenvalue weighted by Gasteiger charge is 2.18. The molecule has 0 unspecified atom stereocenters. The zero-order valence-electron chi connectivity index (χ0n) is 11.7. The van der Waals surface area contributed by atoms with Crippen molar-refractivity contribution in [2.45, 2.75) is 44.6 Å². The van der Waals surface area contributed by atoms with Crippen LogP contribution in [0.5, 0.6) is 0 Å². The lowest BCUT2D eigenvalue weighted by Crippen LogP contribution is -2.21. The third-order valence-electron chi connectivity index (χ3n) is 3.56. The first kappa shape index (κ1) is 14.2. The Balaban J connectivity index is 2.05. The van der Waals surface area contributed by atoms with Crippen molar-refractivity contribution >= 4 is 27.9 Å². The molecule has 1 heterocycles. The third-order valence-corrected chi connectivity index (χ3v) is 4.63. The molecule has 3 N–H and O–H groups in total. The number of hydrogen-bond acceptors (Lipinski definition) is 4. The summed E-state index contributed by atoms with van der Waals surface area (Å²) in [7, 11) is 3.50. The van der Waals surface area contributed by atoms with Gasteiger partial charge in [-0.25, -0.2) is 0 Å². The molecule has 1 aromatic rings. The van der Waals surface area contributed by atoms with Crippen molar-refractivity contribution in [3.63, 3.8) is 0 Å². The van der Waals surface area contributed by atoms with Gasteiger partial charge in [-0.3, -0.25) is 4.79 Å². The molecule has 19 heavy (non-hydrogen) atoms. The molecule has 5 heteroatoms. The van der Waals surface area contributed by atoms with Crippen LogP contribution in [-0.2, 0) is 0 Å². The van der Waals surface area contributed by atoms with Crippen molar-refractivity contribution in [1.29, 1.82) is 0 Å². The van der Waals surface area contributed by atoms with E-state index in [-0.39, 0.29) is 5.91 Å². The van der Waals surface area contributed by atoms with Crippen LogP contribution in [0.15, 0.2) is 6.07 Å². The van der Waals surface area contributed by atoms with Gasteiger partial charge in [0.2, 0.25) is 0 Å². The first-order chi connectivity index (χ1) is 9.08. The third kappa shape index (κ3) is 3.62. The maximum Gasteiger partial charge on any atom is 0.265 e. The number of nitrogens with two attached hydrogens (primary N) is 1. The van der Waals surface area contributed by atoms with Crippen LogP contribution in [0.3, 0.4) is 0 Å². The van der Waals surface area contributed by atoms with Gasteiger partial charge in [-0.2, -0.15) is 0 Å². The highest BCUT2D eigenvalue weighted by atomic mass is 32.1. The number of nitrogens with one attached hydrogen (secondary N) is 1. The second kappa shape index (κ2) is 6.28. The number of carbonyl (C=O) groups excluding carboxylic acids is 1. The zero-order valence-corrected chi connectivity index (χ0v) is 12.6. The van der Waals surface area contributed by atoms with Crippen molar-refractivity contribution < 1.29 is 4.79 Å². The fraction of sp³-hybridized carbons (Fsp3) is 0.643. The van der Waals surface area contributed by atoms with Crippen molar-refractivity contribution in [2.24, 2.45) is 0 Å². The van der Waals surface area contributed by atoms with E-state index in [0.717, 1.165) is 5.00 Å². The summed E-state index contributed by atoms with van der Waals surface area (Å²) in [4.78, 5) is 14.2. The quantitative estimate of drug-likeness (QED) is 0.837. The summed E-state index contributed by atoms with van der Waals surface area (Å²) in [6.45, 7) is 0. The average molecular weight is 281 g/mol. The summed E-state index contributed by atoms with van der Waals surface area (Å²) in [5, 5.41) is 4.57. The Bertz CT molecular complexity index is 434. The van der Waals surface area contributed by atoms with Gasteiger partial charge >= 0.3 is 0 Å². The van der Waals surface area contributed by atoms with Gasteiger partial charge in [0, 0.05) is 20.1 Å². The fourth-order valence-electron chi connectivity index (χ4n) is 2.47. The minimum atomic E-state index is -0.0172. The molecule has 4 nitrogen and oxygen atoms in total. The van der Waals surface area contributed by atoms with Crippen LogP contribution in [0.4, 0.5) is 10.7 Å². The summed E-state index contributed by atoms with van der Waals surface area (Å²) in [5.41, 5.74) is 6.52. The van der Waals surface area contributed by atoms with Crippen LogP contribution in [-0.4, -0.2) is 30.9 Å². The molecule has 0 saturated heterocycles. The summed E-state index contributed by atoms with van der Waals surface area (Å²) >= 11 is 1.47. The van der Waals surface area contributed by atoms with Gasteiger partial charge in [-0.15, -0.1) is 11.3 Å². The molecule has 2 rings (SSSR count). The van der Waals surface area contributed by atoms with E-state index in [0.29, 0.717) is 16.6 Å². The molecule has 0 aliphatic heterocycles. The van der Waals surface area contributed by atoms with Crippen LogP contribution in [0.1, 0.15) is 48.2 Å². The number of nitrogens with zero attached hydrogens (tertiary/aromatic N) is 1. The molecule has 0 spiro atoms. The van der Waals surface area contributed by atoms with E-state index in [1.54, 1.807) is 19.0 Å². The fourth-order valence-corrected chi connectivity index (χ4v) is 3.55. The van der Waals surface area contributed by atoms with E-state index in [1.807, 2.05) is 6.07 Å². The highest BCUT2D eigenvalue weighted by molar-refractivity contribution is 7.18. The molecule has 0 radical (unpaired) electrons. The van der Waals surface area contributed by atoms with E-state index in [9.17, 15) is 4.79 Å². The predicted molar refractivity (Wildman–Crippen MR) is 81.9 cm³/mol. The Labute approximate surface area is 119 Å². The normalized spacial score (nSPS) is 16.9. The molecular formula is C14H23N3OS. The molecule has 1 aliphatic carbocycles. The van der Waals surface area contributed by atoms with E-state index in [2.05, 4.69) is 5.32 Å². The maximum atomic E-state index is 12.0. The topological polar surface area (TPSA) is 58.4 Å². The smallest absolute Gasteiger partial charge is 0.265 e. The minimum Gasteiger partial charge on any atom is -0.397 e. The molecule has 0 atom stereocenters. The summed E-state index contributed by atoms with van der Waals surface area (Å²) in [6, 6.07) is 2.43. The number of carbonyl (C=O) groups is 1. The monoisotopic (exact) mass is 281 g/mol. The predicted octanol–water partition coefficient (Wildman–Crippen LogP) is 3.17. The van der Waals surface area contributed by atoms with Gasteiger partial charge in [-0.1, -0.05) is 25.7 Å². The summed E-state index contributed by atoms with van der Waals surface area (Å²) in [5.74, 6) is -0.0172. The standard InChI is InChI=1S/C14H23N3OS/c1-17(2)14(18)13-11(15)9-12(19-13)16-10-7-5-3-4-6-8-10/h9-10,16H,3-8,15H2,1-2H3. The van der Waals surface area contributed by atoms with E-state index >= 15 is 0 Å². The molecule has 1 aromatic heterocycles. The molecule has 0 bridgehead atoms. The Kier molecular flexibility index (Phi) is 4.69. The molecular weight excluding hydrogens is 258 g/mol. The van der Waals surface area contributed by atoms with Crippen LogP contribution in [0.25, 0.3) is 0 Å². The summed E-state index contributed by atoms with van der Waals surface area (Å²) in [6.07, 6.45) is 7.71. The van der Waals surface area contributed by atoms with Gasteiger partial charge in [-0.05, 0) is 18.9 Å². The van der Waals surface area contributed by atoms with Gasteiger partial charge in [0.25, 0.3) is 5.91 Å². The lowest BCUT2D eigenvalue weighted by Gasteiger charge is -2.15. The van der Waals surface area contributed by atoms with E-state index < -0.39 is 0 Å². The molecule has 0 aromatic carbocycles. The number of thiophene rings is 1. The van der Waals surface area contributed by atoms with Gasteiger partial charge in [0.15, 0.2) is 0 Å². The van der Waals surface area contributed by atoms with E-state index in [1.165, 1.54) is 49.9 Å². The maximum absolute atomic E-state index is 12.0. The lowest BCUT2D eigenvalue weighted by atomic mass is 10.1. The number of nitrogen functional groups attached to an aromatic ring is 1. The van der Waals surface area contributed by atoms with Crippen LogP contribution < -0.4 is 11.1 Å². The van der Waals surface area contributed by atoms with Crippen molar-refractivity contribution in [3.05, 3.63) is 10.9 Å². The first-order valence-electron chi connectivity index (χ1n) is 6.95. The lowest BCUT2D eigenvalue weighted by molar-refractivity contribution is 0.0833. The Hall–Kier alpha value is -1.23. The first-order valence-corrected chi connectivity index (χ1v) is 7.77. The molecule has 1 aliphatic rings. The number of amides is 1. The molecule has 1 saturated carbocycles. The second-order valence-corrected chi connectivity index (χ2v) is 6.48. The van der Waals surface area contributed by atoms with E-state index in [4.69, 9.17) is 5.73 Å². The van der Waals surface area contributed by atoms with Gasteiger partial charge < -0.3 is 16.0 Å². The number of hydrogen-bond donors (Lipinski definition) is 2. The molecule has 1 fully saturated rings. The highest BCUT2D eigenvalue weighted by Crippen LogP contribution is 2.32. The number of rotatable bonds is 3. The minimum absolute atomic E-state index is 0.0172. The van der Waals surface area contributed by atoms with Crippen LogP contribution >= 0.6 is 11.3 Å². The Morgan fingerprint density at radius 1 is 1.32 bits per heavy atom. The van der Waals surface area contributed by atoms with Crippen LogP contribution in [0, 0.1) is 0 Å². The van der Waals surface area contributed by atoms with Gasteiger partial charge in [0.05, 0.1) is 10.7 Å². The second-order valence-electron chi connectivity index (χ2n) is 5.43. The SMILES string of the molecule is CN(C)C(=O)c1sc(NC2CCCCCC2)cc1N.